The molecular formula is C13H8F3NO2. The van der Waals surface area contributed by atoms with Crippen molar-refractivity contribution in [1.82, 2.24) is 0 Å². The van der Waals surface area contributed by atoms with Crippen LogP contribution in [0.1, 0.15) is 10.4 Å². The molecule has 0 saturated heterocycles. The fourth-order valence-corrected chi connectivity index (χ4v) is 1.46. The summed E-state index contributed by atoms with van der Waals surface area (Å²) in [4.78, 5) is 11.7. The Labute approximate surface area is 106 Å². The van der Waals surface area contributed by atoms with Gasteiger partial charge in [0.15, 0.2) is 11.6 Å². The highest BCUT2D eigenvalue weighted by molar-refractivity contribution is 6.04. The van der Waals surface area contributed by atoms with Crippen molar-refractivity contribution in [1.29, 1.82) is 0 Å². The Hall–Kier alpha value is -2.50. The predicted octanol–water partition coefficient (Wildman–Crippen LogP) is 3.06. The molecule has 0 unspecified atom stereocenters. The minimum atomic E-state index is -1.02. The van der Waals surface area contributed by atoms with E-state index in [1.54, 1.807) is 0 Å². The summed E-state index contributed by atoms with van der Waals surface area (Å²) in [6.07, 6.45) is 0. The van der Waals surface area contributed by atoms with E-state index in [1.165, 1.54) is 6.07 Å². The molecule has 19 heavy (non-hydrogen) atoms. The van der Waals surface area contributed by atoms with Crippen molar-refractivity contribution in [2.24, 2.45) is 0 Å². The van der Waals surface area contributed by atoms with E-state index in [0.29, 0.717) is 6.07 Å². The van der Waals surface area contributed by atoms with E-state index in [-0.39, 0.29) is 11.3 Å². The van der Waals surface area contributed by atoms with Gasteiger partial charge in [0.1, 0.15) is 11.6 Å². The van der Waals surface area contributed by atoms with E-state index >= 15 is 0 Å². The summed E-state index contributed by atoms with van der Waals surface area (Å²) >= 11 is 0. The van der Waals surface area contributed by atoms with Crippen LogP contribution in [0.25, 0.3) is 0 Å². The van der Waals surface area contributed by atoms with Crippen LogP contribution >= 0.6 is 0 Å². The topological polar surface area (TPSA) is 49.3 Å². The first kappa shape index (κ1) is 12.9. The van der Waals surface area contributed by atoms with Crippen LogP contribution in [0.2, 0.25) is 0 Å². The highest BCUT2D eigenvalue weighted by Gasteiger charge is 2.13. The van der Waals surface area contributed by atoms with Crippen molar-refractivity contribution >= 4 is 11.6 Å². The first-order chi connectivity index (χ1) is 8.97. The summed E-state index contributed by atoms with van der Waals surface area (Å²) in [5.74, 6) is -4.15. The number of aromatic hydroxyl groups is 1. The highest BCUT2D eigenvalue weighted by atomic mass is 19.1. The van der Waals surface area contributed by atoms with Crippen molar-refractivity contribution in [2.75, 3.05) is 5.32 Å². The lowest BCUT2D eigenvalue weighted by molar-refractivity contribution is 0.102. The lowest BCUT2D eigenvalue weighted by atomic mass is 10.2. The van der Waals surface area contributed by atoms with Crippen LogP contribution in [0.4, 0.5) is 18.9 Å². The summed E-state index contributed by atoms with van der Waals surface area (Å²) in [7, 11) is 0. The van der Waals surface area contributed by atoms with E-state index in [0.717, 1.165) is 24.3 Å². The molecule has 0 saturated carbocycles. The van der Waals surface area contributed by atoms with Crippen LogP contribution in [0, 0.1) is 17.5 Å². The zero-order valence-electron chi connectivity index (χ0n) is 9.45. The first-order valence-corrected chi connectivity index (χ1v) is 5.22. The van der Waals surface area contributed by atoms with Crippen molar-refractivity contribution in [3.8, 4) is 5.75 Å². The largest absolute Gasteiger partial charge is 0.505 e. The molecule has 3 nitrogen and oxygen atoms in total. The Morgan fingerprint density at radius 1 is 1.00 bits per heavy atom. The zero-order chi connectivity index (χ0) is 14.0. The van der Waals surface area contributed by atoms with Crippen molar-refractivity contribution in [3.63, 3.8) is 0 Å². The van der Waals surface area contributed by atoms with Gasteiger partial charge in [-0.15, -0.1) is 0 Å². The summed E-state index contributed by atoms with van der Waals surface area (Å²) in [6, 6.07) is 5.68. The van der Waals surface area contributed by atoms with Crippen LogP contribution in [-0.2, 0) is 0 Å². The Kier molecular flexibility index (Phi) is 3.41. The maximum atomic E-state index is 13.3. The maximum Gasteiger partial charge on any atom is 0.258 e. The number of carbonyl (C=O) groups is 1. The third kappa shape index (κ3) is 2.85. The number of nitrogens with one attached hydrogen (secondary N) is 1. The fourth-order valence-electron chi connectivity index (χ4n) is 1.46. The molecule has 2 rings (SSSR count). The van der Waals surface area contributed by atoms with E-state index in [1.807, 2.05) is 0 Å². The van der Waals surface area contributed by atoms with Crippen LogP contribution in [0.3, 0.4) is 0 Å². The number of carbonyl (C=O) groups excluding carboxylic acids is 1. The molecule has 0 aliphatic heterocycles. The predicted molar refractivity (Wildman–Crippen MR) is 62.4 cm³/mol. The molecule has 0 aliphatic rings. The smallest absolute Gasteiger partial charge is 0.258 e. The molecule has 0 aliphatic carbocycles. The van der Waals surface area contributed by atoms with E-state index in [2.05, 4.69) is 5.32 Å². The molecule has 0 spiro atoms. The highest BCUT2D eigenvalue weighted by Crippen LogP contribution is 2.20. The van der Waals surface area contributed by atoms with Crippen molar-refractivity contribution in [3.05, 3.63) is 59.4 Å². The molecule has 2 N–H and O–H groups in total. The molecule has 2 aromatic carbocycles. The molecule has 1 amide bonds. The summed E-state index contributed by atoms with van der Waals surface area (Å²) in [5.41, 5.74) is -0.320. The van der Waals surface area contributed by atoms with Crippen LogP contribution in [-0.4, -0.2) is 11.0 Å². The average molecular weight is 267 g/mol. The van der Waals surface area contributed by atoms with Gasteiger partial charge in [0, 0.05) is 17.8 Å². The van der Waals surface area contributed by atoms with Gasteiger partial charge in [-0.3, -0.25) is 4.79 Å². The van der Waals surface area contributed by atoms with Crippen molar-refractivity contribution < 1.29 is 23.1 Å². The Bertz CT molecular complexity index is 644. The molecule has 6 heteroatoms. The second kappa shape index (κ2) is 5.01. The van der Waals surface area contributed by atoms with E-state index in [9.17, 15) is 18.0 Å². The van der Waals surface area contributed by atoms with Gasteiger partial charge in [0.05, 0.1) is 5.56 Å². The molecule has 0 atom stereocenters. The minimum Gasteiger partial charge on any atom is -0.505 e. The fraction of sp³-hybridized carbons (Fsp3) is 0. The second-order valence-corrected chi connectivity index (χ2v) is 3.74. The lowest BCUT2D eigenvalue weighted by Crippen LogP contribution is -2.14. The molecule has 98 valence electrons. The number of hydrogen-bond donors (Lipinski definition) is 2. The van der Waals surface area contributed by atoms with Gasteiger partial charge in [-0.05, 0) is 24.3 Å². The van der Waals surface area contributed by atoms with Crippen LogP contribution in [0.15, 0.2) is 36.4 Å². The molecule has 0 bridgehead atoms. The summed E-state index contributed by atoms with van der Waals surface area (Å²) < 4.78 is 39.1. The maximum absolute atomic E-state index is 13.3. The quantitative estimate of drug-likeness (QED) is 0.821. The van der Waals surface area contributed by atoms with Gasteiger partial charge in [-0.2, -0.15) is 0 Å². The third-order valence-corrected chi connectivity index (χ3v) is 2.38. The van der Waals surface area contributed by atoms with Gasteiger partial charge < -0.3 is 10.4 Å². The number of phenols is 1. The molecular weight excluding hydrogens is 259 g/mol. The zero-order valence-corrected chi connectivity index (χ0v) is 9.45. The Morgan fingerprint density at radius 2 is 1.74 bits per heavy atom. The van der Waals surface area contributed by atoms with Gasteiger partial charge >= 0.3 is 0 Å². The minimum absolute atomic E-state index is 0.0454. The average Bonchev–Trinajstić information content (AvgIpc) is 2.33. The van der Waals surface area contributed by atoms with Gasteiger partial charge in [0.2, 0.25) is 0 Å². The van der Waals surface area contributed by atoms with Gasteiger partial charge in [0.25, 0.3) is 5.91 Å². The molecule has 0 fully saturated rings. The van der Waals surface area contributed by atoms with Crippen LogP contribution in [0.5, 0.6) is 5.75 Å². The lowest BCUT2D eigenvalue weighted by Gasteiger charge is -2.06. The monoisotopic (exact) mass is 267 g/mol. The van der Waals surface area contributed by atoms with E-state index < -0.39 is 29.1 Å². The number of amides is 1. The Balaban J connectivity index is 2.23. The van der Waals surface area contributed by atoms with Crippen LogP contribution < -0.4 is 5.32 Å². The standard InChI is InChI=1S/C13H8F3NO2/c14-7-1-3-9(10(15)5-7)13(19)17-8-2-4-12(18)11(16)6-8/h1-6,18H,(H,17,19). The summed E-state index contributed by atoms with van der Waals surface area (Å²) in [6.45, 7) is 0. The summed E-state index contributed by atoms with van der Waals surface area (Å²) in [5, 5.41) is 11.2. The van der Waals surface area contributed by atoms with Gasteiger partial charge in [-0.25, -0.2) is 13.2 Å². The number of rotatable bonds is 2. The Morgan fingerprint density at radius 3 is 2.37 bits per heavy atom. The molecule has 0 aromatic heterocycles. The second-order valence-electron chi connectivity index (χ2n) is 3.74. The third-order valence-electron chi connectivity index (χ3n) is 2.38. The number of benzene rings is 2. The number of halogens is 3. The number of hydrogen-bond acceptors (Lipinski definition) is 2. The van der Waals surface area contributed by atoms with Gasteiger partial charge in [-0.1, -0.05) is 0 Å². The number of anilines is 1. The SMILES string of the molecule is O=C(Nc1ccc(O)c(F)c1)c1ccc(F)cc1F. The molecule has 0 heterocycles. The molecule has 0 radical (unpaired) electrons. The van der Waals surface area contributed by atoms with E-state index in [4.69, 9.17) is 5.11 Å². The number of phenolic OH excluding ortho intramolecular Hbond substituents is 1. The van der Waals surface area contributed by atoms with Crippen molar-refractivity contribution in [2.45, 2.75) is 0 Å². The first-order valence-electron chi connectivity index (χ1n) is 5.22. The molecule has 2 aromatic rings. The normalized spacial score (nSPS) is 10.3.